The molecule has 0 aromatic carbocycles. The molecule has 0 amide bonds. The molecule has 1 rings (SSSR count). The van der Waals surface area contributed by atoms with Crippen LogP contribution in [0.5, 0.6) is 0 Å². The lowest BCUT2D eigenvalue weighted by atomic mass is 9.84. The summed E-state index contributed by atoms with van der Waals surface area (Å²) in [7, 11) is 1.95. The molecule has 0 fully saturated rings. The number of aryl methyl sites for hydroxylation is 2. The SMILES string of the molecule is Cc1nn(C)c(C)c1C(C)(C)CON. The minimum Gasteiger partial charge on any atom is -0.304 e. The summed E-state index contributed by atoms with van der Waals surface area (Å²) >= 11 is 0. The Morgan fingerprint density at radius 1 is 1.43 bits per heavy atom. The molecule has 0 radical (unpaired) electrons. The molecule has 80 valence electrons. The second kappa shape index (κ2) is 3.71. The monoisotopic (exact) mass is 197 g/mol. The largest absolute Gasteiger partial charge is 0.304 e. The molecule has 1 aromatic rings. The van der Waals surface area contributed by atoms with E-state index in [1.165, 1.54) is 11.3 Å². The molecule has 0 spiro atoms. The van der Waals surface area contributed by atoms with Crippen molar-refractivity contribution in [2.45, 2.75) is 33.1 Å². The quantitative estimate of drug-likeness (QED) is 0.741. The van der Waals surface area contributed by atoms with Crippen LogP contribution in [-0.4, -0.2) is 16.4 Å². The van der Waals surface area contributed by atoms with Gasteiger partial charge in [-0.1, -0.05) is 13.8 Å². The highest BCUT2D eigenvalue weighted by Crippen LogP contribution is 2.28. The summed E-state index contributed by atoms with van der Waals surface area (Å²) < 4.78 is 1.89. The third-order valence-corrected chi connectivity index (χ3v) is 2.63. The van der Waals surface area contributed by atoms with Crippen molar-refractivity contribution < 1.29 is 4.84 Å². The van der Waals surface area contributed by atoms with Gasteiger partial charge in [-0.3, -0.25) is 4.68 Å². The van der Waals surface area contributed by atoms with Gasteiger partial charge in [0.05, 0.1) is 12.3 Å². The molecule has 4 nitrogen and oxygen atoms in total. The van der Waals surface area contributed by atoms with Crippen LogP contribution in [0.15, 0.2) is 0 Å². The van der Waals surface area contributed by atoms with Crippen molar-refractivity contribution in [1.82, 2.24) is 9.78 Å². The van der Waals surface area contributed by atoms with Crippen LogP contribution < -0.4 is 5.90 Å². The predicted octanol–water partition coefficient (Wildman–Crippen LogP) is 1.20. The fraction of sp³-hybridized carbons (Fsp3) is 0.700. The van der Waals surface area contributed by atoms with Crippen molar-refractivity contribution in [2.24, 2.45) is 12.9 Å². The molecule has 0 saturated carbocycles. The lowest BCUT2D eigenvalue weighted by molar-refractivity contribution is 0.0959. The number of rotatable bonds is 3. The molecule has 0 aliphatic rings. The van der Waals surface area contributed by atoms with Gasteiger partial charge in [0.25, 0.3) is 0 Å². The summed E-state index contributed by atoms with van der Waals surface area (Å²) in [5.41, 5.74) is 3.36. The Morgan fingerprint density at radius 3 is 2.36 bits per heavy atom. The van der Waals surface area contributed by atoms with Gasteiger partial charge in [-0.05, 0) is 13.8 Å². The number of aromatic nitrogens is 2. The Bertz CT molecular complexity index is 328. The molecule has 1 heterocycles. The van der Waals surface area contributed by atoms with Gasteiger partial charge in [-0.15, -0.1) is 0 Å². The molecule has 0 saturated heterocycles. The molecule has 14 heavy (non-hydrogen) atoms. The maximum Gasteiger partial charge on any atom is 0.0771 e. The fourth-order valence-corrected chi connectivity index (χ4v) is 2.03. The Hall–Kier alpha value is -0.870. The molecular formula is C10H19N3O. The first-order chi connectivity index (χ1) is 6.40. The maximum atomic E-state index is 5.13. The van der Waals surface area contributed by atoms with Crippen LogP contribution in [0.1, 0.15) is 30.8 Å². The van der Waals surface area contributed by atoms with Crippen molar-refractivity contribution in [3.8, 4) is 0 Å². The highest BCUT2D eigenvalue weighted by Gasteiger charge is 2.27. The summed E-state index contributed by atoms with van der Waals surface area (Å²) in [6.07, 6.45) is 0. The summed E-state index contributed by atoms with van der Waals surface area (Å²) in [4.78, 5) is 4.74. The zero-order chi connectivity index (χ0) is 10.9. The Labute approximate surface area is 85.0 Å². The van der Waals surface area contributed by atoms with Gasteiger partial charge in [0.2, 0.25) is 0 Å². The molecule has 0 aliphatic heterocycles. The molecule has 0 aliphatic carbocycles. The first-order valence-corrected chi connectivity index (χ1v) is 4.72. The normalized spacial score (nSPS) is 12.1. The fourth-order valence-electron chi connectivity index (χ4n) is 2.03. The summed E-state index contributed by atoms with van der Waals surface area (Å²) in [5.74, 6) is 5.13. The third kappa shape index (κ3) is 1.81. The third-order valence-electron chi connectivity index (χ3n) is 2.63. The van der Waals surface area contributed by atoms with Gasteiger partial charge >= 0.3 is 0 Å². The minimum absolute atomic E-state index is 0.0861. The number of nitrogens with two attached hydrogens (primary N) is 1. The molecule has 1 aromatic heterocycles. The summed E-state index contributed by atoms with van der Waals surface area (Å²) in [6.45, 7) is 8.79. The number of hydrogen-bond acceptors (Lipinski definition) is 3. The second-order valence-corrected chi connectivity index (χ2v) is 4.36. The van der Waals surface area contributed by atoms with E-state index in [1.54, 1.807) is 0 Å². The first-order valence-electron chi connectivity index (χ1n) is 4.72. The van der Waals surface area contributed by atoms with E-state index in [0.717, 1.165) is 5.69 Å². The lowest BCUT2D eigenvalue weighted by Gasteiger charge is -2.23. The van der Waals surface area contributed by atoms with Crippen LogP contribution in [-0.2, 0) is 17.3 Å². The summed E-state index contributed by atoms with van der Waals surface area (Å²) in [6, 6.07) is 0. The van der Waals surface area contributed by atoms with E-state index in [2.05, 4.69) is 25.9 Å². The van der Waals surface area contributed by atoms with Gasteiger partial charge in [0.1, 0.15) is 0 Å². The molecule has 2 N–H and O–H groups in total. The number of nitrogens with zero attached hydrogens (tertiary/aromatic N) is 2. The van der Waals surface area contributed by atoms with Gasteiger partial charge in [0.15, 0.2) is 0 Å². The van der Waals surface area contributed by atoms with Crippen LogP contribution in [0.3, 0.4) is 0 Å². The Balaban J connectivity index is 3.17. The molecule has 0 unspecified atom stereocenters. The van der Waals surface area contributed by atoms with Crippen molar-refractivity contribution >= 4 is 0 Å². The lowest BCUT2D eigenvalue weighted by Crippen LogP contribution is -2.27. The van der Waals surface area contributed by atoms with Crippen molar-refractivity contribution in [3.63, 3.8) is 0 Å². The average Bonchev–Trinajstić information content (AvgIpc) is 2.26. The second-order valence-electron chi connectivity index (χ2n) is 4.36. The van der Waals surface area contributed by atoms with Crippen LogP contribution in [0.25, 0.3) is 0 Å². The minimum atomic E-state index is -0.0861. The van der Waals surface area contributed by atoms with E-state index in [0.29, 0.717) is 6.61 Å². The van der Waals surface area contributed by atoms with E-state index >= 15 is 0 Å². The Morgan fingerprint density at radius 2 is 2.00 bits per heavy atom. The van der Waals surface area contributed by atoms with Crippen molar-refractivity contribution in [3.05, 3.63) is 17.0 Å². The van der Waals surface area contributed by atoms with E-state index in [1.807, 2.05) is 18.7 Å². The predicted molar refractivity (Wildman–Crippen MR) is 55.8 cm³/mol. The molecule has 0 bridgehead atoms. The molecule has 0 atom stereocenters. The van der Waals surface area contributed by atoms with E-state index in [4.69, 9.17) is 10.7 Å². The smallest absolute Gasteiger partial charge is 0.0771 e. The van der Waals surface area contributed by atoms with Gasteiger partial charge in [-0.25, -0.2) is 5.90 Å². The van der Waals surface area contributed by atoms with E-state index < -0.39 is 0 Å². The summed E-state index contributed by atoms with van der Waals surface area (Å²) in [5, 5.41) is 4.38. The topological polar surface area (TPSA) is 53.1 Å². The van der Waals surface area contributed by atoms with Gasteiger partial charge in [0, 0.05) is 23.7 Å². The van der Waals surface area contributed by atoms with E-state index in [-0.39, 0.29) is 5.41 Å². The highest BCUT2D eigenvalue weighted by atomic mass is 16.6. The van der Waals surface area contributed by atoms with Crippen LogP contribution in [0.2, 0.25) is 0 Å². The van der Waals surface area contributed by atoms with Crippen molar-refractivity contribution in [2.75, 3.05) is 6.61 Å². The van der Waals surface area contributed by atoms with E-state index in [9.17, 15) is 0 Å². The van der Waals surface area contributed by atoms with Gasteiger partial charge < -0.3 is 4.84 Å². The van der Waals surface area contributed by atoms with Crippen LogP contribution >= 0.6 is 0 Å². The highest BCUT2D eigenvalue weighted by molar-refractivity contribution is 5.32. The molecular weight excluding hydrogens is 178 g/mol. The van der Waals surface area contributed by atoms with Gasteiger partial charge in [-0.2, -0.15) is 5.10 Å². The number of hydrogen-bond donors (Lipinski definition) is 1. The van der Waals surface area contributed by atoms with Crippen molar-refractivity contribution in [1.29, 1.82) is 0 Å². The zero-order valence-electron chi connectivity index (χ0n) is 9.59. The maximum absolute atomic E-state index is 5.13. The zero-order valence-corrected chi connectivity index (χ0v) is 9.59. The van der Waals surface area contributed by atoms with Crippen LogP contribution in [0, 0.1) is 13.8 Å². The van der Waals surface area contributed by atoms with Crippen LogP contribution in [0.4, 0.5) is 0 Å². The Kier molecular flexibility index (Phi) is 2.97. The molecule has 4 heteroatoms. The average molecular weight is 197 g/mol. The standard InChI is InChI=1S/C10H19N3O/c1-7-9(8(2)13(5)12-7)10(3,4)6-14-11/h6,11H2,1-5H3. The first kappa shape index (κ1) is 11.2.